The van der Waals surface area contributed by atoms with E-state index in [9.17, 15) is 18.0 Å². The summed E-state index contributed by atoms with van der Waals surface area (Å²) < 4.78 is 41.2. The molecule has 0 amide bonds. The van der Waals surface area contributed by atoms with E-state index in [2.05, 4.69) is 4.98 Å². The van der Waals surface area contributed by atoms with Crippen molar-refractivity contribution in [2.75, 3.05) is 0 Å². The number of pyridine rings is 1. The second kappa shape index (κ2) is 4.38. The predicted octanol–water partition coefficient (Wildman–Crippen LogP) is 1.95. The van der Waals surface area contributed by atoms with E-state index in [1.54, 1.807) is 0 Å². The minimum absolute atomic E-state index is 0.164. The molecular formula is C9H8F3NO3. The third-order valence-electron chi connectivity index (χ3n) is 1.71. The number of aliphatic carboxylic acids is 1. The molecule has 0 radical (unpaired) electrons. The summed E-state index contributed by atoms with van der Waals surface area (Å²) in [6.45, 7) is 1.25. The number of ether oxygens (including phenoxy) is 1. The molecule has 88 valence electrons. The molecule has 16 heavy (non-hydrogen) atoms. The maximum absolute atomic E-state index is 12.1. The summed E-state index contributed by atoms with van der Waals surface area (Å²) in [5.74, 6) is -1.38. The smallest absolute Gasteiger partial charge is 0.417 e. The number of aromatic nitrogens is 1. The van der Waals surface area contributed by atoms with E-state index >= 15 is 0 Å². The van der Waals surface area contributed by atoms with Gasteiger partial charge in [0.2, 0.25) is 5.88 Å². The van der Waals surface area contributed by atoms with Crippen LogP contribution in [-0.4, -0.2) is 22.2 Å². The van der Waals surface area contributed by atoms with Crippen LogP contribution in [0.1, 0.15) is 12.5 Å². The van der Waals surface area contributed by atoms with Crippen LogP contribution in [0.5, 0.6) is 5.88 Å². The van der Waals surface area contributed by atoms with Crippen molar-refractivity contribution in [1.29, 1.82) is 0 Å². The first-order chi connectivity index (χ1) is 7.30. The summed E-state index contributed by atoms with van der Waals surface area (Å²) in [6.07, 6.45) is -5.04. The molecule has 1 atom stereocenters. The Balaban J connectivity index is 2.76. The standard InChI is InChI=1S/C9H8F3NO3/c1-5(8(14)15)16-7-3-2-6(4-13-7)9(10,11)12/h2-5H,1H3,(H,14,15)/t5-/m1/s1. The maximum Gasteiger partial charge on any atom is 0.417 e. The van der Waals surface area contributed by atoms with E-state index in [-0.39, 0.29) is 5.88 Å². The highest BCUT2D eigenvalue weighted by Crippen LogP contribution is 2.29. The number of halogens is 3. The molecule has 0 bridgehead atoms. The summed E-state index contributed by atoms with van der Waals surface area (Å²) in [7, 11) is 0. The zero-order chi connectivity index (χ0) is 12.3. The molecule has 1 aromatic rings. The zero-order valence-electron chi connectivity index (χ0n) is 8.15. The third-order valence-corrected chi connectivity index (χ3v) is 1.71. The molecule has 0 aliphatic rings. The number of hydrogen-bond acceptors (Lipinski definition) is 3. The van der Waals surface area contributed by atoms with Gasteiger partial charge in [0.1, 0.15) is 0 Å². The first kappa shape index (κ1) is 12.3. The summed E-state index contributed by atoms with van der Waals surface area (Å²) in [6, 6.07) is 1.75. The molecule has 0 aliphatic carbocycles. The summed E-state index contributed by atoms with van der Waals surface area (Å²) in [5, 5.41) is 8.49. The van der Waals surface area contributed by atoms with Crippen molar-refractivity contribution in [3.63, 3.8) is 0 Å². The number of carboxylic acids is 1. The largest absolute Gasteiger partial charge is 0.479 e. The van der Waals surface area contributed by atoms with Crippen LogP contribution in [-0.2, 0) is 11.0 Å². The Morgan fingerprint density at radius 1 is 1.50 bits per heavy atom. The quantitative estimate of drug-likeness (QED) is 0.869. The lowest BCUT2D eigenvalue weighted by molar-refractivity contribution is -0.144. The molecule has 0 aliphatic heterocycles. The van der Waals surface area contributed by atoms with E-state index in [1.165, 1.54) is 6.92 Å². The van der Waals surface area contributed by atoms with Crippen LogP contribution in [0.2, 0.25) is 0 Å². The van der Waals surface area contributed by atoms with Crippen LogP contribution in [0.25, 0.3) is 0 Å². The number of rotatable bonds is 3. The Morgan fingerprint density at radius 2 is 2.12 bits per heavy atom. The SMILES string of the molecule is C[C@@H](Oc1ccc(C(F)(F)F)cn1)C(=O)O. The van der Waals surface area contributed by atoms with Gasteiger partial charge < -0.3 is 9.84 Å². The molecule has 0 saturated heterocycles. The molecule has 0 fully saturated rings. The summed E-state index contributed by atoms with van der Waals surface area (Å²) >= 11 is 0. The second-order valence-corrected chi connectivity index (χ2v) is 2.98. The van der Waals surface area contributed by atoms with Gasteiger partial charge in [0.05, 0.1) is 5.56 Å². The Bertz CT molecular complexity index is 375. The minimum Gasteiger partial charge on any atom is -0.479 e. The van der Waals surface area contributed by atoms with Gasteiger partial charge in [-0.3, -0.25) is 0 Å². The van der Waals surface area contributed by atoms with Gasteiger partial charge in [0, 0.05) is 12.3 Å². The van der Waals surface area contributed by atoms with E-state index in [0.29, 0.717) is 6.20 Å². The summed E-state index contributed by atoms with van der Waals surface area (Å²) in [5.41, 5.74) is -0.914. The molecule has 0 spiro atoms. The maximum atomic E-state index is 12.1. The lowest BCUT2D eigenvalue weighted by Crippen LogP contribution is -2.23. The van der Waals surface area contributed by atoms with Gasteiger partial charge in [0.15, 0.2) is 6.10 Å². The Labute approximate surface area is 88.7 Å². The van der Waals surface area contributed by atoms with Gasteiger partial charge in [-0.1, -0.05) is 0 Å². The molecule has 1 aromatic heterocycles. The van der Waals surface area contributed by atoms with Crippen molar-refractivity contribution in [3.8, 4) is 5.88 Å². The van der Waals surface area contributed by atoms with Crippen LogP contribution in [0.3, 0.4) is 0 Å². The fourth-order valence-corrected chi connectivity index (χ4v) is 0.849. The average molecular weight is 235 g/mol. The number of alkyl halides is 3. The molecule has 1 rings (SSSR count). The molecule has 0 aromatic carbocycles. The van der Waals surface area contributed by atoms with Gasteiger partial charge in [-0.15, -0.1) is 0 Å². The first-order valence-corrected chi connectivity index (χ1v) is 4.23. The van der Waals surface area contributed by atoms with E-state index in [0.717, 1.165) is 12.1 Å². The van der Waals surface area contributed by atoms with Crippen LogP contribution in [0, 0.1) is 0 Å². The molecular weight excluding hydrogens is 227 g/mol. The van der Waals surface area contributed by atoms with Crippen LogP contribution in [0.15, 0.2) is 18.3 Å². The number of carbonyl (C=O) groups is 1. The highest BCUT2D eigenvalue weighted by atomic mass is 19.4. The third kappa shape index (κ3) is 3.11. The summed E-state index contributed by atoms with van der Waals surface area (Å²) in [4.78, 5) is 13.8. The highest BCUT2D eigenvalue weighted by Gasteiger charge is 2.30. The van der Waals surface area contributed by atoms with Crippen molar-refractivity contribution in [2.45, 2.75) is 19.2 Å². The van der Waals surface area contributed by atoms with Crippen LogP contribution in [0.4, 0.5) is 13.2 Å². The lowest BCUT2D eigenvalue weighted by atomic mass is 10.3. The molecule has 0 unspecified atom stereocenters. The predicted molar refractivity (Wildman–Crippen MR) is 47.0 cm³/mol. The van der Waals surface area contributed by atoms with E-state index in [1.807, 2.05) is 0 Å². The van der Waals surface area contributed by atoms with Crippen LogP contribution < -0.4 is 4.74 Å². The molecule has 1 heterocycles. The topological polar surface area (TPSA) is 59.4 Å². The Morgan fingerprint density at radius 3 is 2.50 bits per heavy atom. The molecule has 1 N–H and O–H groups in total. The van der Waals surface area contributed by atoms with Crippen molar-refractivity contribution >= 4 is 5.97 Å². The van der Waals surface area contributed by atoms with Gasteiger partial charge >= 0.3 is 12.1 Å². The number of hydrogen-bond donors (Lipinski definition) is 1. The lowest BCUT2D eigenvalue weighted by Gasteiger charge is -2.10. The van der Waals surface area contributed by atoms with Gasteiger partial charge in [-0.2, -0.15) is 13.2 Å². The highest BCUT2D eigenvalue weighted by molar-refractivity contribution is 5.72. The van der Waals surface area contributed by atoms with Crippen molar-refractivity contribution in [2.24, 2.45) is 0 Å². The van der Waals surface area contributed by atoms with E-state index < -0.39 is 23.8 Å². The zero-order valence-corrected chi connectivity index (χ0v) is 8.15. The van der Waals surface area contributed by atoms with Crippen molar-refractivity contribution < 1.29 is 27.8 Å². The van der Waals surface area contributed by atoms with Crippen LogP contribution >= 0.6 is 0 Å². The minimum atomic E-state index is -4.47. The monoisotopic (exact) mass is 235 g/mol. The van der Waals surface area contributed by atoms with Gasteiger partial charge in [-0.25, -0.2) is 9.78 Å². The fraction of sp³-hybridized carbons (Fsp3) is 0.333. The van der Waals surface area contributed by atoms with Gasteiger partial charge in [0.25, 0.3) is 0 Å². The molecule has 7 heteroatoms. The first-order valence-electron chi connectivity index (χ1n) is 4.23. The second-order valence-electron chi connectivity index (χ2n) is 2.98. The fourth-order valence-electron chi connectivity index (χ4n) is 0.849. The number of nitrogens with zero attached hydrogens (tertiary/aromatic N) is 1. The van der Waals surface area contributed by atoms with Crippen molar-refractivity contribution in [3.05, 3.63) is 23.9 Å². The van der Waals surface area contributed by atoms with Crippen molar-refractivity contribution in [1.82, 2.24) is 4.98 Å². The Hall–Kier alpha value is -1.79. The number of carboxylic acid groups (broad SMARTS) is 1. The van der Waals surface area contributed by atoms with Gasteiger partial charge in [-0.05, 0) is 13.0 Å². The normalized spacial score (nSPS) is 13.2. The van der Waals surface area contributed by atoms with E-state index in [4.69, 9.17) is 9.84 Å². The average Bonchev–Trinajstić information content (AvgIpc) is 2.17. The molecule has 4 nitrogen and oxygen atoms in total. The molecule has 0 saturated carbocycles. The Kier molecular flexibility index (Phi) is 3.36.